The molecule has 0 saturated heterocycles. The minimum atomic E-state index is -0.146. The molecule has 1 aliphatic heterocycles. The van der Waals surface area contributed by atoms with Crippen LogP contribution in [0.15, 0.2) is 10.7 Å². The molecule has 4 nitrogen and oxygen atoms in total. The predicted octanol–water partition coefficient (Wildman–Crippen LogP) is 0.254. The van der Waals surface area contributed by atoms with E-state index in [9.17, 15) is 0 Å². The van der Waals surface area contributed by atoms with E-state index < -0.39 is 0 Å². The van der Waals surface area contributed by atoms with Crippen molar-refractivity contribution in [1.29, 1.82) is 0 Å². The van der Waals surface area contributed by atoms with E-state index in [-0.39, 0.29) is 6.04 Å². The van der Waals surface area contributed by atoms with E-state index in [4.69, 9.17) is 20.6 Å². The van der Waals surface area contributed by atoms with Gasteiger partial charge in [-0.3, -0.25) is 0 Å². The summed E-state index contributed by atoms with van der Waals surface area (Å²) in [6.07, 6.45) is 1.45. The number of hydrogen-bond donors (Lipinski definition) is 2. The molecule has 4 N–H and O–H groups in total. The molecule has 2 rings (SSSR count). The molecule has 1 aromatic heterocycles. The Labute approximate surface area is 57.7 Å². The van der Waals surface area contributed by atoms with Gasteiger partial charge >= 0.3 is 0 Å². The van der Waals surface area contributed by atoms with Gasteiger partial charge in [-0.05, 0) is 0 Å². The van der Waals surface area contributed by atoms with E-state index in [0.29, 0.717) is 23.8 Å². The van der Waals surface area contributed by atoms with Gasteiger partial charge in [-0.25, -0.2) is 0 Å². The van der Waals surface area contributed by atoms with Crippen LogP contribution in [0.2, 0.25) is 0 Å². The van der Waals surface area contributed by atoms with Crippen molar-refractivity contribution in [3.05, 3.63) is 12.0 Å². The standard InChI is InChI=1S/C6H8N2O2/c7-3-1-9-6-4(8)2-10-5(3)6/h1,4H,2,7-8H2. The number of fused-ring (bicyclic) bond motifs is 1. The normalized spacial score (nSPS) is 22.3. The molecule has 10 heavy (non-hydrogen) atoms. The van der Waals surface area contributed by atoms with Crippen molar-refractivity contribution in [2.24, 2.45) is 5.73 Å². The molecule has 1 unspecified atom stereocenters. The van der Waals surface area contributed by atoms with Gasteiger partial charge in [-0.2, -0.15) is 0 Å². The Morgan fingerprint density at radius 2 is 2.40 bits per heavy atom. The SMILES string of the molecule is Nc1coc2c1OCC2N. The molecule has 0 fully saturated rings. The lowest BCUT2D eigenvalue weighted by atomic mass is 10.3. The van der Waals surface area contributed by atoms with Crippen molar-refractivity contribution in [2.75, 3.05) is 12.3 Å². The van der Waals surface area contributed by atoms with E-state index in [1.54, 1.807) is 0 Å². The molecule has 1 aromatic rings. The molecule has 54 valence electrons. The predicted molar refractivity (Wildman–Crippen MR) is 35.5 cm³/mol. The number of anilines is 1. The van der Waals surface area contributed by atoms with Crippen molar-refractivity contribution in [2.45, 2.75) is 6.04 Å². The number of ether oxygens (including phenoxy) is 1. The highest BCUT2D eigenvalue weighted by Gasteiger charge is 2.26. The number of hydrogen-bond acceptors (Lipinski definition) is 4. The summed E-state index contributed by atoms with van der Waals surface area (Å²) in [5, 5.41) is 0. The first-order chi connectivity index (χ1) is 4.79. The van der Waals surface area contributed by atoms with Gasteiger partial charge < -0.3 is 20.6 Å². The lowest BCUT2D eigenvalue weighted by Gasteiger charge is -1.95. The first-order valence-electron chi connectivity index (χ1n) is 3.04. The number of rotatable bonds is 0. The number of furan rings is 1. The maximum atomic E-state index is 5.59. The van der Waals surface area contributed by atoms with Crippen molar-refractivity contribution in [3.8, 4) is 5.75 Å². The molecule has 0 spiro atoms. The first-order valence-corrected chi connectivity index (χ1v) is 3.04. The van der Waals surface area contributed by atoms with Crippen LogP contribution in [0.3, 0.4) is 0 Å². The largest absolute Gasteiger partial charge is 0.486 e. The molecule has 0 bridgehead atoms. The van der Waals surface area contributed by atoms with Gasteiger partial charge in [0.1, 0.15) is 24.6 Å². The molecule has 0 saturated carbocycles. The zero-order valence-corrected chi connectivity index (χ0v) is 5.33. The average molecular weight is 140 g/mol. The molecule has 1 atom stereocenters. The molecule has 4 heteroatoms. The molecular formula is C6H8N2O2. The minimum Gasteiger partial charge on any atom is -0.486 e. The smallest absolute Gasteiger partial charge is 0.185 e. The highest BCUT2D eigenvalue weighted by molar-refractivity contribution is 5.55. The third-order valence-electron chi connectivity index (χ3n) is 1.54. The van der Waals surface area contributed by atoms with Crippen molar-refractivity contribution >= 4 is 5.69 Å². The monoisotopic (exact) mass is 140 g/mol. The second-order valence-corrected chi connectivity index (χ2v) is 2.30. The third kappa shape index (κ3) is 0.537. The third-order valence-corrected chi connectivity index (χ3v) is 1.54. The van der Waals surface area contributed by atoms with Crippen LogP contribution in [-0.2, 0) is 0 Å². The molecule has 1 aliphatic rings. The van der Waals surface area contributed by atoms with Crippen molar-refractivity contribution in [1.82, 2.24) is 0 Å². The average Bonchev–Trinajstić information content (AvgIpc) is 2.41. The quantitative estimate of drug-likeness (QED) is 0.541. The first kappa shape index (κ1) is 5.61. The van der Waals surface area contributed by atoms with E-state index in [1.807, 2.05) is 0 Å². The summed E-state index contributed by atoms with van der Waals surface area (Å²) >= 11 is 0. The Morgan fingerprint density at radius 3 is 3.10 bits per heavy atom. The lowest BCUT2D eigenvalue weighted by Crippen LogP contribution is -2.10. The van der Waals surface area contributed by atoms with E-state index >= 15 is 0 Å². The lowest BCUT2D eigenvalue weighted by molar-refractivity contribution is 0.330. The van der Waals surface area contributed by atoms with Crippen LogP contribution in [0.25, 0.3) is 0 Å². The van der Waals surface area contributed by atoms with Gasteiger partial charge in [-0.1, -0.05) is 0 Å². The minimum absolute atomic E-state index is 0.146. The summed E-state index contributed by atoms with van der Waals surface area (Å²) in [6, 6.07) is -0.146. The van der Waals surface area contributed by atoms with Gasteiger partial charge in [0.25, 0.3) is 0 Å². The molecule has 0 aliphatic carbocycles. The van der Waals surface area contributed by atoms with Crippen molar-refractivity contribution < 1.29 is 9.15 Å². The van der Waals surface area contributed by atoms with E-state index in [2.05, 4.69) is 0 Å². The summed E-state index contributed by atoms with van der Waals surface area (Å²) in [5.41, 5.74) is 11.6. The molecule has 0 aromatic carbocycles. The fraction of sp³-hybridized carbons (Fsp3) is 0.333. The second-order valence-electron chi connectivity index (χ2n) is 2.30. The van der Waals surface area contributed by atoms with Gasteiger partial charge in [0.05, 0.1) is 0 Å². The Morgan fingerprint density at radius 1 is 1.60 bits per heavy atom. The summed E-state index contributed by atoms with van der Waals surface area (Å²) in [7, 11) is 0. The molecular weight excluding hydrogens is 132 g/mol. The zero-order valence-electron chi connectivity index (χ0n) is 5.33. The van der Waals surface area contributed by atoms with E-state index in [1.165, 1.54) is 6.26 Å². The second kappa shape index (κ2) is 1.67. The molecule has 2 heterocycles. The Balaban J connectivity index is 2.53. The highest BCUT2D eigenvalue weighted by atomic mass is 16.5. The fourth-order valence-corrected chi connectivity index (χ4v) is 1.04. The molecule has 0 amide bonds. The number of nitrogen functional groups attached to an aromatic ring is 1. The van der Waals surface area contributed by atoms with Crippen LogP contribution in [0.4, 0.5) is 5.69 Å². The van der Waals surface area contributed by atoms with Crippen LogP contribution in [0.1, 0.15) is 11.8 Å². The van der Waals surface area contributed by atoms with Crippen LogP contribution in [0, 0.1) is 0 Å². The van der Waals surface area contributed by atoms with Gasteiger partial charge in [0.15, 0.2) is 11.5 Å². The Bertz CT molecular complexity index is 256. The van der Waals surface area contributed by atoms with Crippen LogP contribution < -0.4 is 16.2 Å². The van der Waals surface area contributed by atoms with Crippen LogP contribution >= 0.6 is 0 Å². The maximum absolute atomic E-state index is 5.59. The van der Waals surface area contributed by atoms with Gasteiger partial charge in [-0.15, -0.1) is 0 Å². The Kier molecular flexibility index (Phi) is 0.935. The van der Waals surface area contributed by atoms with Crippen molar-refractivity contribution in [3.63, 3.8) is 0 Å². The summed E-state index contributed by atoms with van der Waals surface area (Å²) in [5.74, 6) is 1.28. The maximum Gasteiger partial charge on any atom is 0.185 e. The summed E-state index contributed by atoms with van der Waals surface area (Å²) in [6.45, 7) is 0.471. The summed E-state index contributed by atoms with van der Waals surface area (Å²) < 4.78 is 10.2. The van der Waals surface area contributed by atoms with Gasteiger partial charge in [0.2, 0.25) is 0 Å². The topological polar surface area (TPSA) is 74.4 Å². The van der Waals surface area contributed by atoms with E-state index in [0.717, 1.165) is 0 Å². The highest BCUT2D eigenvalue weighted by Crippen LogP contribution is 2.37. The summed E-state index contributed by atoms with van der Waals surface area (Å²) in [4.78, 5) is 0. The fourth-order valence-electron chi connectivity index (χ4n) is 1.04. The van der Waals surface area contributed by atoms with Crippen LogP contribution in [-0.4, -0.2) is 6.61 Å². The number of nitrogens with two attached hydrogens (primary N) is 2. The zero-order chi connectivity index (χ0) is 7.14. The molecule has 0 radical (unpaired) electrons. The van der Waals surface area contributed by atoms with Crippen LogP contribution in [0.5, 0.6) is 5.75 Å². The van der Waals surface area contributed by atoms with Gasteiger partial charge in [0, 0.05) is 0 Å². The Hall–Kier alpha value is -1.16.